The molecule has 8 heteroatoms. The quantitative estimate of drug-likeness (QED) is 0.217. The molecule has 1 fully saturated rings. The number of guanidine groups is 1. The Hall–Kier alpha value is -1.06. The van der Waals surface area contributed by atoms with Gasteiger partial charge >= 0.3 is 0 Å². The highest BCUT2D eigenvalue weighted by Gasteiger charge is 2.30. The Kier molecular flexibility index (Phi) is 11.9. The van der Waals surface area contributed by atoms with Gasteiger partial charge in [-0.2, -0.15) is 0 Å². The van der Waals surface area contributed by atoms with E-state index in [2.05, 4.69) is 45.0 Å². The first-order valence-electron chi connectivity index (χ1n) is 10.1. The Labute approximate surface area is 197 Å². The molecule has 164 valence electrons. The molecule has 2 atom stereocenters. The van der Waals surface area contributed by atoms with E-state index in [0.29, 0.717) is 25.0 Å². The molecule has 3 N–H and O–H groups in total. The average Bonchev–Trinajstić information content (AvgIpc) is 2.67. The molecule has 1 saturated heterocycles. The molecule has 1 aromatic rings. The number of amides is 1. The molecular weight excluding hydrogens is 501 g/mol. The molecule has 1 aliphatic rings. The number of nitrogens with one attached hydrogen (secondary N) is 3. The van der Waals surface area contributed by atoms with Crippen molar-refractivity contribution < 1.29 is 4.79 Å². The summed E-state index contributed by atoms with van der Waals surface area (Å²) >= 11 is 6.23. The molecule has 0 radical (unpaired) electrons. The molecule has 2 rings (SSSR count). The molecule has 0 spiro atoms. The molecule has 0 aliphatic carbocycles. The average molecular weight is 536 g/mol. The van der Waals surface area contributed by atoms with Gasteiger partial charge in [-0.1, -0.05) is 37.6 Å². The van der Waals surface area contributed by atoms with Gasteiger partial charge in [-0.25, -0.2) is 0 Å². The summed E-state index contributed by atoms with van der Waals surface area (Å²) in [4.78, 5) is 18.3. The van der Waals surface area contributed by atoms with E-state index in [1.165, 1.54) is 12.0 Å². The lowest BCUT2D eigenvalue weighted by Gasteiger charge is -2.40. The van der Waals surface area contributed by atoms with Crippen LogP contribution in [0.4, 0.5) is 0 Å². The first-order chi connectivity index (χ1) is 13.4. The van der Waals surface area contributed by atoms with Crippen molar-refractivity contribution in [3.05, 3.63) is 34.9 Å². The first-order valence-corrected chi connectivity index (χ1v) is 10.5. The number of benzene rings is 1. The van der Waals surface area contributed by atoms with E-state index in [1.54, 1.807) is 7.05 Å². The number of likely N-dealkylation sites (tertiary alicyclic amines) is 1. The van der Waals surface area contributed by atoms with Crippen LogP contribution in [-0.4, -0.2) is 57.0 Å². The van der Waals surface area contributed by atoms with Crippen molar-refractivity contribution in [2.24, 2.45) is 16.8 Å². The summed E-state index contributed by atoms with van der Waals surface area (Å²) in [5.41, 5.74) is 1.26. The largest absolute Gasteiger partial charge is 0.356 e. The number of hydrogen-bond acceptors (Lipinski definition) is 3. The number of piperidine rings is 1. The van der Waals surface area contributed by atoms with Crippen LogP contribution in [0.15, 0.2) is 29.3 Å². The third-order valence-electron chi connectivity index (χ3n) is 5.19. The number of nitrogens with zero attached hydrogens (tertiary/aromatic N) is 2. The minimum atomic E-state index is 0. The predicted molar refractivity (Wildman–Crippen MR) is 132 cm³/mol. The SMILES string of the molecule is CN=C(NCCNC(=O)C(C)C)NCC1CCCN(C)C1c1cccc(Cl)c1.I. The molecule has 6 nitrogen and oxygen atoms in total. The van der Waals surface area contributed by atoms with Gasteiger partial charge in [0.25, 0.3) is 0 Å². The highest BCUT2D eigenvalue weighted by Crippen LogP contribution is 2.35. The minimum absolute atomic E-state index is 0. The van der Waals surface area contributed by atoms with Gasteiger partial charge in [-0.15, -0.1) is 24.0 Å². The second-order valence-electron chi connectivity index (χ2n) is 7.71. The monoisotopic (exact) mass is 535 g/mol. The molecular formula is C21H35ClIN5O. The topological polar surface area (TPSA) is 68.8 Å². The standard InChI is InChI=1S/C21H34ClN5O.HI/c1-15(2)20(28)24-10-11-25-21(23-3)26-14-17-8-6-12-27(4)19(17)16-7-5-9-18(22)13-16;/h5,7,9,13,15,17,19H,6,8,10-12,14H2,1-4H3,(H,24,28)(H2,23,25,26);1H. The predicted octanol–water partition coefficient (Wildman–Crippen LogP) is 3.28. The van der Waals surface area contributed by atoms with E-state index in [1.807, 2.05) is 26.0 Å². The van der Waals surface area contributed by atoms with Crippen molar-refractivity contribution in [3.63, 3.8) is 0 Å². The van der Waals surface area contributed by atoms with Crippen molar-refractivity contribution in [2.45, 2.75) is 32.7 Å². The smallest absolute Gasteiger partial charge is 0.222 e. The number of rotatable bonds is 7. The van der Waals surface area contributed by atoms with Gasteiger partial charge in [0.1, 0.15) is 0 Å². The third kappa shape index (κ3) is 8.30. The van der Waals surface area contributed by atoms with Crippen LogP contribution in [0.5, 0.6) is 0 Å². The fourth-order valence-electron chi connectivity index (χ4n) is 3.71. The first kappa shape index (κ1) is 26.0. The molecule has 0 bridgehead atoms. The van der Waals surface area contributed by atoms with E-state index in [9.17, 15) is 4.79 Å². The molecule has 0 saturated carbocycles. The molecule has 1 aliphatic heterocycles. The molecule has 2 unspecified atom stereocenters. The number of aliphatic imine (C=N–C) groups is 1. The van der Waals surface area contributed by atoms with Crippen LogP contribution in [0.1, 0.15) is 38.3 Å². The molecule has 1 amide bonds. The Morgan fingerprint density at radius 2 is 2.00 bits per heavy atom. The fourth-order valence-corrected chi connectivity index (χ4v) is 3.91. The summed E-state index contributed by atoms with van der Waals surface area (Å²) in [7, 11) is 3.95. The van der Waals surface area contributed by atoms with Crippen LogP contribution in [-0.2, 0) is 4.79 Å². The van der Waals surface area contributed by atoms with Crippen molar-refractivity contribution in [1.82, 2.24) is 20.9 Å². The van der Waals surface area contributed by atoms with Crippen molar-refractivity contribution >= 4 is 47.4 Å². The lowest BCUT2D eigenvalue weighted by Crippen LogP contribution is -2.46. The van der Waals surface area contributed by atoms with E-state index in [0.717, 1.165) is 30.5 Å². The highest BCUT2D eigenvalue weighted by molar-refractivity contribution is 14.0. The molecule has 0 aromatic heterocycles. The van der Waals surface area contributed by atoms with Crippen LogP contribution in [0.2, 0.25) is 5.02 Å². The van der Waals surface area contributed by atoms with E-state index >= 15 is 0 Å². The number of carbonyl (C=O) groups is 1. The maximum Gasteiger partial charge on any atom is 0.222 e. The van der Waals surface area contributed by atoms with Crippen LogP contribution >= 0.6 is 35.6 Å². The second kappa shape index (κ2) is 13.3. The van der Waals surface area contributed by atoms with Gasteiger partial charge in [0, 0.05) is 43.7 Å². The van der Waals surface area contributed by atoms with Crippen molar-refractivity contribution in [3.8, 4) is 0 Å². The van der Waals surface area contributed by atoms with Gasteiger partial charge in [-0.3, -0.25) is 14.7 Å². The second-order valence-corrected chi connectivity index (χ2v) is 8.14. The van der Waals surface area contributed by atoms with E-state index in [4.69, 9.17) is 11.6 Å². The lowest BCUT2D eigenvalue weighted by molar-refractivity contribution is -0.123. The summed E-state index contributed by atoms with van der Waals surface area (Å²) in [6.07, 6.45) is 2.35. The Morgan fingerprint density at radius 1 is 1.28 bits per heavy atom. The summed E-state index contributed by atoms with van der Waals surface area (Å²) < 4.78 is 0. The zero-order valence-corrected chi connectivity index (χ0v) is 21.0. The zero-order chi connectivity index (χ0) is 20.5. The van der Waals surface area contributed by atoms with Gasteiger partial charge in [-0.05, 0) is 50.0 Å². The van der Waals surface area contributed by atoms with Crippen LogP contribution in [0, 0.1) is 11.8 Å². The Morgan fingerprint density at radius 3 is 2.66 bits per heavy atom. The minimum Gasteiger partial charge on any atom is -0.356 e. The summed E-state index contributed by atoms with van der Waals surface area (Å²) in [5.74, 6) is 1.30. The number of halogens is 2. The van der Waals surface area contributed by atoms with Gasteiger partial charge in [0.15, 0.2) is 5.96 Å². The van der Waals surface area contributed by atoms with Gasteiger partial charge in [0.2, 0.25) is 5.91 Å². The van der Waals surface area contributed by atoms with Crippen LogP contribution in [0.25, 0.3) is 0 Å². The Balaban J connectivity index is 0.00000420. The lowest BCUT2D eigenvalue weighted by atomic mass is 9.85. The van der Waals surface area contributed by atoms with Crippen molar-refractivity contribution in [2.75, 3.05) is 40.3 Å². The van der Waals surface area contributed by atoms with E-state index in [-0.39, 0.29) is 35.8 Å². The van der Waals surface area contributed by atoms with Crippen LogP contribution in [0.3, 0.4) is 0 Å². The van der Waals surface area contributed by atoms with Gasteiger partial charge < -0.3 is 16.0 Å². The molecule has 1 heterocycles. The normalized spacial score (nSPS) is 20.1. The molecule has 29 heavy (non-hydrogen) atoms. The maximum atomic E-state index is 11.6. The summed E-state index contributed by atoms with van der Waals surface area (Å²) in [6.45, 7) is 6.92. The van der Waals surface area contributed by atoms with Crippen molar-refractivity contribution in [1.29, 1.82) is 0 Å². The summed E-state index contributed by atoms with van der Waals surface area (Å²) in [6, 6.07) is 8.52. The number of hydrogen-bond donors (Lipinski definition) is 3. The zero-order valence-electron chi connectivity index (χ0n) is 17.9. The number of carbonyl (C=O) groups excluding carboxylic acids is 1. The Bertz CT molecular complexity index is 670. The van der Waals surface area contributed by atoms with E-state index < -0.39 is 0 Å². The molecule has 1 aromatic carbocycles. The maximum absolute atomic E-state index is 11.6. The van der Waals surface area contributed by atoms with Crippen LogP contribution < -0.4 is 16.0 Å². The van der Waals surface area contributed by atoms with Gasteiger partial charge in [0.05, 0.1) is 0 Å². The fraction of sp³-hybridized carbons (Fsp3) is 0.619. The summed E-state index contributed by atoms with van der Waals surface area (Å²) in [5, 5.41) is 10.4. The highest BCUT2D eigenvalue weighted by atomic mass is 127. The third-order valence-corrected chi connectivity index (χ3v) is 5.43.